The molecule has 1 aromatic heterocycles. The second-order valence-electron chi connectivity index (χ2n) is 3.53. The molecule has 6 heteroatoms. The summed E-state index contributed by atoms with van der Waals surface area (Å²) in [6.45, 7) is 0. The van der Waals surface area contributed by atoms with Gasteiger partial charge in [-0.2, -0.15) is 0 Å². The second-order valence-corrected chi connectivity index (χ2v) is 5.41. The molecule has 1 atom stereocenters. The van der Waals surface area contributed by atoms with E-state index in [1.165, 1.54) is 12.3 Å². The van der Waals surface area contributed by atoms with E-state index in [-0.39, 0.29) is 11.5 Å². The van der Waals surface area contributed by atoms with Gasteiger partial charge >= 0.3 is 5.97 Å². The highest BCUT2D eigenvalue weighted by atomic mass is 35.5. The molecule has 94 valence electrons. The van der Waals surface area contributed by atoms with Gasteiger partial charge in [0.2, 0.25) is 5.76 Å². The van der Waals surface area contributed by atoms with Crippen LogP contribution in [0.5, 0.6) is 0 Å². The van der Waals surface area contributed by atoms with Gasteiger partial charge in [-0.3, -0.25) is 4.21 Å². The topological polar surface area (TPSA) is 67.5 Å². The molecule has 18 heavy (non-hydrogen) atoms. The van der Waals surface area contributed by atoms with Crippen LogP contribution >= 0.6 is 11.6 Å². The van der Waals surface area contributed by atoms with Gasteiger partial charge in [-0.25, -0.2) is 4.79 Å². The first-order valence-corrected chi connectivity index (χ1v) is 6.71. The summed E-state index contributed by atoms with van der Waals surface area (Å²) in [7, 11) is -1.36. The monoisotopic (exact) mass is 284 g/mol. The van der Waals surface area contributed by atoms with Crippen LogP contribution in [0.25, 0.3) is 0 Å². The number of halogens is 1. The van der Waals surface area contributed by atoms with Crippen molar-refractivity contribution < 1.29 is 18.5 Å². The fraction of sp³-hybridized carbons (Fsp3) is 0.0833. The average molecular weight is 285 g/mol. The van der Waals surface area contributed by atoms with Gasteiger partial charge in [-0.15, -0.1) is 0 Å². The van der Waals surface area contributed by atoms with E-state index in [1.807, 2.05) is 0 Å². The number of carbonyl (C=O) groups is 1. The Morgan fingerprint density at radius 3 is 2.83 bits per heavy atom. The Morgan fingerprint density at radius 1 is 1.39 bits per heavy atom. The number of hydrogen-bond donors (Lipinski definition) is 1. The van der Waals surface area contributed by atoms with E-state index < -0.39 is 16.8 Å². The normalized spacial score (nSPS) is 12.3. The first kappa shape index (κ1) is 12.9. The van der Waals surface area contributed by atoms with Crippen molar-refractivity contribution in [3.05, 3.63) is 52.9 Å². The summed E-state index contributed by atoms with van der Waals surface area (Å²) in [5.74, 6) is -1.26. The molecule has 1 N–H and O–H groups in total. The van der Waals surface area contributed by atoms with Crippen LogP contribution in [-0.4, -0.2) is 15.3 Å². The summed E-state index contributed by atoms with van der Waals surface area (Å²) in [6.07, 6.45) is 1.27. The summed E-state index contributed by atoms with van der Waals surface area (Å²) >= 11 is 5.81. The van der Waals surface area contributed by atoms with Crippen LogP contribution in [0.3, 0.4) is 0 Å². The predicted molar refractivity (Wildman–Crippen MR) is 67.2 cm³/mol. The molecular formula is C12H9ClO4S. The Kier molecular flexibility index (Phi) is 3.84. The van der Waals surface area contributed by atoms with Crippen molar-refractivity contribution in [2.24, 2.45) is 0 Å². The molecule has 0 saturated heterocycles. The molecule has 1 aromatic carbocycles. The molecule has 0 fully saturated rings. The summed E-state index contributed by atoms with van der Waals surface area (Å²) in [5.41, 5.74) is 0.404. The van der Waals surface area contributed by atoms with Crippen LogP contribution in [-0.2, 0) is 16.6 Å². The summed E-state index contributed by atoms with van der Waals surface area (Å²) in [5, 5.41) is 9.36. The van der Waals surface area contributed by atoms with Crippen LogP contribution in [0.15, 0.2) is 45.9 Å². The van der Waals surface area contributed by atoms with E-state index in [0.717, 1.165) is 0 Å². The minimum absolute atomic E-state index is 0.0818. The van der Waals surface area contributed by atoms with Gasteiger partial charge in [0.25, 0.3) is 0 Å². The van der Waals surface area contributed by atoms with Crippen LogP contribution < -0.4 is 0 Å². The Bertz CT molecular complexity index is 606. The smallest absolute Gasteiger partial charge is 0.372 e. The molecule has 0 aliphatic rings. The largest absolute Gasteiger partial charge is 0.475 e. The third-order valence-electron chi connectivity index (χ3n) is 2.29. The van der Waals surface area contributed by atoms with Crippen LogP contribution in [0, 0.1) is 0 Å². The van der Waals surface area contributed by atoms with Gasteiger partial charge in [-0.1, -0.05) is 17.7 Å². The number of carboxylic acid groups (broad SMARTS) is 1. The highest BCUT2D eigenvalue weighted by Crippen LogP contribution is 2.19. The molecule has 1 heterocycles. The number of rotatable bonds is 4. The molecule has 0 aliphatic carbocycles. The Hall–Kier alpha value is -1.59. The highest BCUT2D eigenvalue weighted by Gasteiger charge is 2.16. The Morgan fingerprint density at radius 2 is 2.17 bits per heavy atom. The maximum Gasteiger partial charge on any atom is 0.372 e. The third-order valence-corrected chi connectivity index (χ3v) is 3.87. The van der Waals surface area contributed by atoms with Crippen molar-refractivity contribution in [1.29, 1.82) is 0 Å². The molecule has 1 unspecified atom stereocenters. The summed E-state index contributed by atoms with van der Waals surface area (Å²) in [6, 6.07) is 8.17. The molecule has 2 rings (SSSR count). The lowest BCUT2D eigenvalue weighted by atomic mass is 10.3. The van der Waals surface area contributed by atoms with E-state index in [1.54, 1.807) is 24.3 Å². The van der Waals surface area contributed by atoms with E-state index in [0.29, 0.717) is 15.5 Å². The van der Waals surface area contributed by atoms with Gasteiger partial charge in [0, 0.05) is 15.5 Å². The third kappa shape index (κ3) is 2.80. The molecule has 0 saturated carbocycles. The van der Waals surface area contributed by atoms with Crippen LogP contribution in [0.2, 0.25) is 5.02 Å². The molecule has 0 radical (unpaired) electrons. The summed E-state index contributed by atoms with van der Waals surface area (Å²) < 4.78 is 16.9. The Labute approximate surface area is 111 Å². The minimum Gasteiger partial charge on any atom is -0.475 e. The zero-order valence-electron chi connectivity index (χ0n) is 9.13. The standard InChI is InChI=1S/C12H9ClO4S/c13-9-2-1-3-10(6-9)18(16)7-8-4-5-17-11(8)12(14)15/h1-6H,7H2,(H,14,15). The van der Waals surface area contributed by atoms with Crippen molar-refractivity contribution in [3.8, 4) is 0 Å². The number of benzene rings is 1. The van der Waals surface area contributed by atoms with E-state index in [4.69, 9.17) is 21.1 Å². The van der Waals surface area contributed by atoms with E-state index in [9.17, 15) is 9.00 Å². The number of aromatic carboxylic acids is 1. The first-order chi connectivity index (χ1) is 8.58. The van der Waals surface area contributed by atoms with Gasteiger partial charge in [0.1, 0.15) is 0 Å². The van der Waals surface area contributed by atoms with Crippen molar-refractivity contribution in [2.75, 3.05) is 0 Å². The van der Waals surface area contributed by atoms with E-state index >= 15 is 0 Å². The lowest BCUT2D eigenvalue weighted by Gasteiger charge is -2.02. The maximum atomic E-state index is 12.1. The van der Waals surface area contributed by atoms with Crippen molar-refractivity contribution in [3.63, 3.8) is 0 Å². The highest BCUT2D eigenvalue weighted by molar-refractivity contribution is 7.84. The fourth-order valence-electron chi connectivity index (χ4n) is 1.47. The van der Waals surface area contributed by atoms with Crippen LogP contribution in [0.1, 0.15) is 16.1 Å². The van der Waals surface area contributed by atoms with Gasteiger partial charge < -0.3 is 9.52 Å². The number of hydrogen-bond acceptors (Lipinski definition) is 3. The summed E-state index contributed by atoms with van der Waals surface area (Å²) in [4.78, 5) is 11.4. The molecule has 0 spiro atoms. The first-order valence-electron chi connectivity index (χ1n) is 5.01. The van der Waals surface area contributed by atoms with Crippen LogP contribution in [0.4, 0.5) is 0 Å². The average Bonchev–Trinajstić information content (AvgIpc) is 2.77. The zero-order valence-corrected chi connectivity index (χ0v) is 10.7. The molecular weight excluding hydrogens is 276 g/mol. The maximum absolute atomic E-state index is 12.1. The van der Waals surface area contributed by atoms with Crippen molar-refractivity contribution in [1.82, 2.24) is 0 Å². The SMILES string of the molecule is O=C(O)c1occc1CS(=O)c1cccc(Cl)c1. The zero-order chi connectivity index (χ0) is 13.1. The molecule has 2 aromatic rings. The van der Waals surface area contributed by atoms with Gasteiger partial charge in [-0.05, 0) is 24.3 Å². The lowest BCUT2D eigenvalue weighted by Crippen LogP contribution is -2.02. The number of furan rings is 1. The van der Waals surface area contributed by atoms with Gasteiger partial charge in [0.15, 0.2) is 0 Å². The molecule has 0 bridgehead atoms. The molecule has 4 nitrogen and oxygen atoms in total. The van der Waals surface area contributed by atoms with E-state index in [2.05, 4.69) is 0 Å². The lowest BCUT2D eigenvalue weighted by molar-refractivity contribution is 0.0661. The van der Waals surface area contributed by atoms with Gasteiger partial charge in [0.05, 0.1) is 22.8 Å². The second kappa shape index (κ2) is 5.37. The Balaban J connectivity index is 2.21. The number of carboxylic acids is 1. The quantitative estimate of drug-likeness (QED) is 0.937. The fourth-order valence-corrected chi connectivity index (χ4v) is 2.89. The minimum atomic E-state index is -1.36. The van der Waals surface area contributed by atoms with Crippen molar-refractivity contribution >= 4 is 28.4 Å². The predicted octanol–water partition coefficient (Wildman–Crippen LogP) is 2.94. The molecule has 0 aliphatic heterocycles. The molecule has 0 amide bonds. The van der Waals surface area contributed by atoms with Crippen molar-refractivity contribution in [2.45, 2.75) is 10.6 Å².